The zero-order valence-electron chi connectivity index (χ0n) is 30.4. The fraction of sp³-hybridized carbons (Fsp3) is 0.641. The van der Waals surface area contributed by atoms with Crippen molar-refractivity contribution in [3.63, 3.8) is 0 Å². The second kappa shape index (κ2) is 12.9. The zero-order valence-corrected chi connectivity index (χ0v) is 31.1. The number of ether oxygens (including phenoxy) is 4. The van der Waals surface area contributed by atoms with E-state index >= 15 is 4.39 Å². The third-order valence-electron chi connectivity index (χ3n) is 13.1. The number of nitrogens with one attached hydrogen (secondary N) is 1. The second-order valence-electron chi connectivity index (χ2n) is 16.7. The molecule has 0 spiro atoms. The number of hydrogen-bond acceptors (Lipinski definition) is 11. The van der Waals surface area contributed by atoms with Gasteiger partial charge in [-0.15, -0.1) is 0 Å². The number of fused-ring (bicyclic) bond motifs is 4. The van der Waals surface area contributed by atoms with Gasteiger partial charge in [0.2, 0.25) is 5.88 Å². The molecule has 6 heterocycles. The molecule has 3 aliphatic heterocycles. The molecule has 3 aliphatic carbocycles. The van der Waals surface area contributed by atoms with Crippen molar-refractivity contribution < 1.29 is 28.4 Å². The molecule has 6 aliphatic rings. The lowest BCUT2D eigenvalue weighted by atomic mass is 9.75. The number of hydrogen-bond donors (Lipinski definition) is 2. The van der Waals surface area contributed by atoms with Crippen LogP contribution in [0.15, 0.2) is 12.3 Å². The van der Waals surface area contributed by atoms with Crippen LogP contribution in [0.2, 0.25) is 5.02 Å². The Kier molecular flexibility index (Phi) is 8.29. The van der Waals surface area contributed by atoms with Gasteiger partial charge in [-0.05, 0) is 87.3 Å². The molecule has 282 valence electrons. The summed E-state index contributed by atoms with van der Waals surface area (Å²) < 4.78 is 41.6. The molecule has 0 bridgehead atoms. The smallest absolute Gasteiger partial charge is 0.319 e. The van der Waals surface area contributed by atoms with Gasteiger partial charge in [0.25, 0.3) is 0 Å². The van der Waals surface area contributed by atoms with Crippen LogP contribution in [-0.4, -0.2) is 113 Å². The summed E-state index contributed by atoms with van der Waals surface area (Å²) in [6.45, 7) is 7.39. The molecule has 14 heteroatoms. The average molecular weight is 748 g/mol. The van der Waals surface area contributed by atoms with Gasteiger partial charge in [-0.3, -0.25) is 10.00 Å². The van der Waals surface area contributed by atoms with E-state index in [0.29, 0.717) is 53.1 Å². The molecule has 1 aromatic carbocycles. The van der Waals surface area contributed by atoms with Crippen LogP contribution in [0, 0.1) is 29.0 Å². The largest absolute Gasteiger partial charge is 0.480 e. The van der Waals surface area contributed by atoms with Crippen molar-refractivity contribution in [3.05, 3.63) is 28.7 Å². The quantitative estimate of drug-likeness (QED) is 0.217. The Hall–Kier alpha value is -3.36. The third kappa shape index (κ3) is 5.84. The Balaban J connectivity index is 1.07. The zero-order chi connectivity index (χ0) is 36.1. The lowest BCUT2D eigenvalue weighted by molar-refractivity contribution is -0.0123. The first-order chi connectivity index (χ1) is 25.7. The molecule has 3 saturated carbocycles. The predicted molar refractivity (Wildman–Crippen MR) is 197 cm³/mol. The average Bonchev–Trinajstić information content (AvgIpc) is 3.88. The molecule has 3 saturated heterocycles. The van der Waals surface area contributed by atoms with Crippen LogP contribution >= 0.6 is 11.6 Å². The molecule has 3 aromatic heterocycles. The van der Waals surface area contributed by atoms with Crippen molar-refractivity contribution in [2.24, 2.45) is 23.2 Å². The molecule has 6 atom stereocenters. The molecule has 0 amide bonds. The Morgan fingerprint density at radius 2 is 1.92 bits per heavy atom. The molecule has 0 radical (unpaired) electrons. The Bertz CT molecular complexity index is 2070. The number of piperidine rings is 1. The van der Waals surface area contributed by atoms with E-state index in [1.807, 2.05) is 11.0 Å². The van der Waals surface area contributed by atoms with Gasteiger partial charge in [-0.25, -0.2) is 9.37 Å². The maximum Gasteiger partial charge on any atom is 0.319 e. The number of nitrogens with zero attached hydrogens (tertiary/aromatic N) is 6. The van der Waals surface area contributed by atoms with E-state index in [1.54, 1.807) is 13.1 Å². The van der Waals surface area contributed by atoms with E-state index in [9.17, 15) is 5.11 Å². The van der Waals surface area contributed by atoms with Crippen molar-refractivity contribution in [2.75, 3.05) is 71.2 Å². The molecule has 1 unspecified atom stereocenters. The minimum atomic E-state index is -1.17. The number of likely N-dealkylation sites (tertiary alicyclic amines) is 1. The summed E-state index contributed by atoms with van der Waals surface area (Å²) in [5.41, 5.74) is 1.09. The monoisotopic (exact) mass is 747 g/mol. The highest BCUT2D eigenvalue weighted by Crippen LogP contribution is 2.55. The maximum atomic E-state index is 17.5. The summed E-state index contributed by atoms with van der Waals surface area (Å²) in [6, 6.07) is 2.39. The molecule has 53 heavy (non-hydrogen) atoms. The van der Waals surface area contributed by atoms with Gasteiger partial charge in [-0.1, -0.05) is 18.0 Å². The van der Waals surface area contributed by atoms with E-state index in [2.05, 4.69) is 15.1 Å². The number of methoxy groups -OCH3 is 1. The van der Waals surface area contributed by atoms with E-state index in [4.69, 9.17) is 45.5 Å². The normalized spacial score (nSPS) is 31.5. The summed E-state index contributed by atoms with van der Waals surface area (Å²) in [6.07, 6.45) is 9.20. The number of aromatic nitrogens is 5. The van der Waals surface area contributed by atoms with Crippen molar-refractivity contribution in [1.82, 2.24) is 30.0 Å². The Morgan fingerprint density at radius 3 is 2.74 bits per heavy atom. The lowest BCUT2D eigenvalue weighted by Gasteiger charge is -2.46. The standard InChI is InChI=1S/C39H47ClFN7O5/c1-38(49)18-48(11-12-51-19-38)35-31-34(32(41)33(43-36(31)50-2)30-22-14-42-46-27(22)13-26(40)29(30)21-6-7-21)44-37(45-35)53-20-39-8-3-5-28(39)47(10-4-9-39)15-23-24-16-52-17-25(23)24/h13-14,21,23-25,28,49H,3-12,15-20H2,1-2H3,(H,42,46)/t23?,24-,25+,28-,38+,39-/m1/s1. The van der Waals surface area contributed by atoms with E-state index in [1.165, 1.54) is 7.11 Å². The van der Waals surface area contributed by atoms with E-state index in [-0.39, 0.29) is 47.6 Å². The third-order valence-corrected chi connectivity index (χ3v) is 13.4. The number of aliphatic hydroxyl groups is 1. The highest BCUT2D eigenvalue weighted by atomic mass is 35.5. The highest BCUT2D eigenvalue weighted by Gasteiger charge is 2.56. The fourth-order valence-corrected chi connectivity index (χ4v) is 10.7. The fourth-order valence-electron chi connectivity index (χ4n) is 10.3. The van der Waals surface area contributed by atoms with Gasteiger partial charge in [0.05, 0.1) is 58.4 Å². The van der Waals surface area contributed by atoms with Gasteiger partial charge in [-0.2, -0.15) is 15.1 Å². The van der Waals surface area contributed by atoms with Gasteiger partial charge >= 0.3 is 6.01 Å². The Labute approximate surface area is 312 Å². The topological polar surface area (TPSA) is 131 Å². The van der Waals surface area contributed by atoms with Crippen LogP contribution in [0.5, 0.6) is 11.9 Å². The van der Waals surface area contributed by atoms with Crippen LogP contribution < -0.4 is 14.4 Å². The molecule has 6 fully saturated rings. The minimum absolute atomic E-state index is 0.0240. The Morgan fingerprint density at radius 1 is 1.09 bits per heavy atom. The van der Waals surface area contributed by atoms with Crippen molar-refractivity contribution in [1.29, 1.82) is 0 Å². The number of benzene rings is 1. The first-order valence-corrected chi connectivity index (χ1v) is 19.7. The second-order valence-corrected chi connectivity index (χ2v) is 17.2. The number of pyridine rings is 1. The molecule has 4 aromatic rings. The van der Waals surface area contributed by atoms with Gasteiger partial charge in [0.15, 0.2) is 5.82 Å². The molecule has 10 rings (SSSR count). The first kappa shape index (κ1) is 34.2. The van der Waals surface area contributed by atoms with Crippen LogP contribution in [-0.2, 0) is 9.47 Å². The molecule has 2 N–H and O–H groups in total. The van der Waals surface area contributed by atoms with Gasteiger partial charge in [0.1, 0.15) is 28.0 Å². The summed E-state index contributed by atoms with van der Waals surface area (Å²) in [5, 5.41) is 20.1. The maximum absolute atomic E-state index is 17.5. The molecular formula is C39H47ClFN7O5. The number of anilines is 1. The number of rotatable bonds is 9. The van der Waals surface area contributed by atoms with Crippen LogP contribution in [0.25, 0.3) is 33.1 Å². The summed E-state index contributed by atoms with van der Waals surface area (Å²) >= 11 is 6.89. The summed E-state index contributed by atoms with van der Waals surface area (Å²) in [5.74, 6) is 2.34. The van der Waals surface area contributed by atoms with E-state index < -0.39 is 11.4 Å². The van der Waals surface area contributed by atoms with Crippen molar-refractivity contribution in [3.8, 4) is 23.1 Å². The van der Waals surface area contributed by atoms with Gasteiger partial charge < -0.3 is 29.0 Å². The summed E-state index contributed by atoms with van der Waals surface area (Å²) in [7, 11) is 1.52. The first-order valence-electron chi connectivity index (χ1n) is 19.3. The number of H-pyrrole nitrogens is 1. The van der Waals surface area contributed by atoms with Crippen LogP contribution in [0.3, 0.4) is 0 Å². The number of halogens is 2. The molecule has 12 nitrogen and oxygen atoms in total. The predicted octanol–water partition coefficient (Wildman–Crippen LogP) is 5.74. The van der Waals surface area contributed by atoms with Crippen LogP contribution in [0.4, 0.5) is 10.2 Å². The molecular weight excluding hydrogens is 701 g/mol. The number of aromatic amines is 1. The minimum Gasteiger partial charge on any atom is -0.480 e. The lowest BCUT2D eigenvalue weighted by Crippen LogP contribution is -2.52. The van der Waals surface area contributed by atoms with Crippen molar-refractivity contribution >= 4 is 39.2 Å². The highest BCUT2D eigenvalue weighted by molar-refractivity contribution is 6.33. The van der Waals surface area contributed by atoms with E-state index in [0.717, 1.165) is 100.0 Å². The summed E-state index contributed by atoms with van der Waals surface area (Å²) in [4.78, 5) is 19.3. The van der Waals surface area contributed by atoms with Crippen LogP contribution in [0.1, 0.15) is 63.4 Å². The SMILES string of the molecule is COc1nc(-c2c(C3CC3)c(Cl)cc3[nH]ncc23)c(F)c2nc(OC[C@]34CCC[C@H]3N(CC3[C@H]5COC[C@@H]35)CCC4)nc(N3CCOC[C@@](C)(O)C3)c12. The van der Waals surface area contributed by atoms with Gasteiger partial charge in [0, 0.05) is 40.5 Å². The van der Waals surface area contributed by atoms with Crippen molar-refractivity contribution in [2.45, 2.75) is 69.4 Å². The number of β-amino-alcohol motifs (C(OH)–C–C–N with tert-alkyl or cyclic N) is 1.